The number of anilines is 4. The molecule has 4 heterocycles. The van der Waals surface area contributed by atoms with Crippen molar-refractivity contribution in [2.45, 2.75) is 33.1 Å². The highest BCUT2D eigenvalue weighted by atomic mass is 16.5. The first kappa shape index (κ1) is 24.6. The highest BCUT2D eigenvalue weighted by Crippen LogP contribution is 2.27. The molecule has 11 heteroatoms. The summed E-state index contributed by atoms with van der Waals surface area (Å²) in [7, 11) is 2.11. The molecule has 0 bridgehead atoms. The van der Waals surface area contributed by atoms with Gasteiger partial charge in [0.05, 0.1) is 6.20 Å². The molecule has 192 valence electrons. The summed E-state index contributed by atoms with van der Waals surface area (Å²) < 4.78 is 5.38. The predicted octanol–water partition coefficient (Wildman–Crippen LogP) is 3.76. The van der Waals surface area contributed by atoms with Gasteiger partial charge in [0.25, 0.3) is 5.91 Å². The van der Waals surface area contributed by atoms with Crippen molar-refractivity contribution in [3.05, 3.63) is 53.7 Å². The SMILES string of the molecule is Cc1ccc(C(=O)Nc2cc(C(C)(C)C)on2)cc1Nc1ncnc2cnc(N3CCN(C)CC3)nc12. The van der Waals surface area contributed by atoms with Gasteiger partial charge in [-0.25, -0.2) is 19.9 Å². The Hall–Kier alpha value is -4.12. The summed E-state index contributed by atoms with van der Waals surface area (Å²) in [6, 6.07) is 7.18. The van der Waals surface area contributed by atoms with Gasteiger partial charge in [-0.3, -0.25) is 4.79 Å². The van der Waals surface area contributed by atoms with Crippen LogP contribution in [0.5, 0.6) is 0 Å². The number of nitrogens with one attached hydrogen (secondary N) is 2. The van der Waals surface area contributed by atoms with E-state index in [0.717, 1.165) is 37.4 Å². The maximum Gasteiger partial charge on any atom is 0.256 e. The van der Waals surface area contributed by atoms with E-state index in [1.54, 1.807) is 24.4 Å². The number of hydrogen-bond donors (Lipinski definition) is 2. The van der Waals surface area contributed by atoms with Gasteiger partial charge in [0.1, 0.15) is 23.1 Å². The molecule has 1 amide bonds. The van der Waals surface area contributed by atoms with Crippen LogP contribution in [0.3, 0.4) is 0 Å². The molecule has 2 N–H and O–H groups in total. The van der Waals surface area contributed by atoms with Gasteiger partial charge in [0.2, 0.25) is 5.95 Å². The number of aromatic nitrogens is 5. The first-order chi connectivity index (χ1) is 17.7. The third kappa shape index (κ3) is 5.36. The molecule has 0 spiro atoms. The van der Waals surface area contributed by atoms with Crippen LogP contribution in [-0.4, -0.2) is 69.1 Å². The minimum Gasteiger partial charge on any atom is -0.359 e. The van der Waals surface area contributed by atoms with Gasteiger partial charge >= 0.3 is 0 Å². The molecule has 1 aliphatic heterocycles. The largest absolute Gasteiger partial charge is 0.359 e. The fourth-order valence-corrected chi connectivity index (χ4v) is 4.00. The molecule has 1 aliphatic rings. The minimum absolute atomic E-state index is 0.203. The monoisotopic (exact) mass is 501 g/mol. The van der Waals surface area contributed by atoms with E-state index in [2.05, 4.69) is 47.6 Å². The molecule has 1 aromatic carbocycles. The number of amides is 1. The van der Waals surface area contributed by atoms with E-state index in [1.165, 1.54) is 6.33 Å². The molecule has 11 nitrogen and oxygen atoms in total. The van der Waals surface area contributed by atoms with Crippen molar-refractivity contribution < 1.29 is 9.32 Å². The molecule has 1 fully saturated rings. The van der Waals surface area contributed by atoms with E-state index in [0.29, 0.717) is 39.9 Å². The van der Waals surface area contributed by atoms with Crippen LogP contribution in [0.4, 0.5) is 23.3 Å². The van der Waals surface area contributed by atoms with Crippen molar-refractivity contribution in [3.63, 3.8) is 0 Å². The molecule has 5 rings (SSSR count). The lowest BCUT2D eigenvalue weighted by Crippen LogP contribution is -2.45. The second-order valence-corrected chi connectivity index (χ2v) is 10.4. The molecule has 4 aromatic rings. The van der Waals surface area contributed by atoms with Crippen LogP contribution >= 0.6 is 0 Å². The Morgan fingerprint density at radius 1 is 1.05 bits per heavy atom. The van der Waals surface area contributed by atoms with Gasteiger partial charge in [-0.1, -0.05) is 32.0 Å². The first-order valence-corrected chi connectivity index (χ1v) is 12.2. The van der Waals surface area contributed by atoms with Gasteiger partial charge in [-0.2, -0.15) is 0 Å². The number of aryl methyl sites for hydroxylation is 1. The number of carbonyl (C=O) groups is 1. The number of piperazine rings is 1. The zero-order valence-corrected chi connectivity index (χ0v) is 21.7. The highest BCUT2D eigenvalue weighted by Gasteiger charge is 2.21. The normalized spacial score (nSPS) is 14.7. The van der Waals surface area contributed by atoms with E-state index in [1.807, 2.05) is 33.8 Å². The summed E-state index contributed by atoms with van der Waals surface area (Å²) in [4.78, 5) is 35.5. The molecule has 0 saturated carbocycles. The molecular weight excluding hydrogens is 470 g/mol. The van der Waals surface area contributed by atoms with E-state index in [4.69, 9.17) is 9.51 Å². The smallest absolute Gasteiger partial charge is 0.256 e. The lowest BCUT2D eigenvalue weighted by Gasteiger charge is -2.32. The van der Waals surface area contributed by atoms with E-state index in [-0.39, 0.29) is 11.3 Å². The maximum absolute atomic E-state index is 13.0. The van der Waals surface area contributed by atoms with E-state index in [9.17, 15) is 4.79 Å². The molecule has 37 heavy (non-hydrogen) atoms. The summed E-state index contributed by atoms with van der Waals surface area (Å²) in [5, 5.41) is 10.1. The van der Waals surface area contributed by atoms with Crippen LogP contribution in [0, 0.1) is 6.92 Å². The van der Waals surface area contributed by atoms with Gasteiger partial charge < -0.3 is 25.0 Å². The first-order valence-electron chi connectivity index (χ1n) is 12.2. The van der Waals surface area contributed by atoms with Crippen molar-refractivity contribution in [1.29, 1.82) is 0 Å². The van der Waals surface area contributed by atoms with Crippen LogP contribution in [-0.2, 0) is 5.41 Å². The zero-order valence-electron chi connectivity index (χ0n) is 21.7. The number of hydrogen-bond acceptors (Lipinski definition) is 10. The molecule has 0 aliphatic carbocycles. The Labute approximate surface area is 215 Å². The summed E-state index contributed by atoms with van der Waals surface area (Å²) in [5.41, 5.74) is 3.22. The average molecular weight is 502 g/mol. The molecule has 0 unspecified atom stereocenters. The van der Waals surface area contributed by atoms with Crippen molar-refractivity contribution in [1.82, 2.24) is 30.0 Å². The Balaban J connectivity index is 1.39. The Bertz CT molecular complexity index is 1440. The summed E-state index contributed by atoms with van der Waals surface area (Å²) in [5.74, 6) is 1.99. The Morgan fingerprint density at radius 2 is 1.84 bits per heavy atom. The summed E-state index contributed by atoms with van der Waals surface area (Å²) >= 11 is 0. The zero-order chi connectivity index (χ0) is 26.2. The highest BCUT2D eigenvalue weighted by molar-refractivity contribution is 6.04. The molecule has 0 atom stereocenters. The number of benzene rings is 1. The average Bonchev–Trinajstić information content (AvgIpc) is 3.35. The van der Waals surface area contributed by atoms with Crippen LogP contribution in [0.1, 0.15) is 42.5 Å². The third-order valence-corrected chi connectivity index (χ3v) is 6.39. The van der Waals surface area contributed by atoms with E-state index < -0.39 is 0 Å². The lowest BCUT2D eigenvalue weighted by molar-refractivity contribution is 0.102. The van der Waals surface area contributed by atoms with Gasteiger partial charge in [0.15, 0.2) is 11.6 Å². The van der Waals surface area contributed by atoms with Crippen LogP contribution in [0.25, 0.3) is 11.0 Å². The second kappa shape index (κ2) is 9.74. The maximum atomic E-state index is 13.0. The van der Waals surface area contributed by atoms with Crippen LogP contribution in [0.15, 0.2) is 41.3 Å². The minimum atomic E-state index is -0.288. The van der Waals surface area contributed by atoms with Crippen molar-refractivity contribution in [3.8, 4) is 0 Å². The molecule has 0 radical (unpaired) electrons. The van der Waals surface area contributed by atoms with Crippen molar-refractivity contribution >= 4 is 40.2 Å². The van der Waals surface area contributed by atoms with Gasteiger partial charge in [-0.15, -0.1) is 0 Å². The van der Waals surface area contributed by atoms with Crippen LogP contribution < -0.4 is 15.5 Å². The molecular formula is C26H31N9O2. The second-order valence-electron chi connectivity index (χ2n) is 10.4. The quantitative estimate of drug-likeness (QED) is 0.417. The van der Waals surface area contributed by atoms with Crippen molar-refractivity contribution in [2.24, 2.45) is 0 Å². The molecule has 3 aromatic heterocycles. The van der Waals surface area contributed by atoms with Gasteiger partial charge in [0, 0.05) is 48.9 Å². The van der Waals surface area contributed by atoms with E-state index >= 15 is 0 Å². The fourth-order valence-electron chi connectivity index (χ4n) is 4.00. The number of fused-ring (bicyclic) bond motifs is 1. The Morgan fingerprint density at radius 3 is 2.57 bits per heavy atom. The Kier molecular flexibility index (Phi) is 6.46. The number of likely N-dealkylation sites (N-methyl/N-ethyl adjacent to an activating group) is 1. The van der Waals surface area contributed by atoms with Crippen LogP contribution in [0.2, 0.25) is 0 Å². The number of nitrogens with zero attached hydrogens (tertiary/aromatic N) is 7. The standard InChI is InChI=1S/C26H31N9O2/c1-16-6-7-17(24(36)31-21-13-20(37-33-21)26(2,3)4)12-18(16)30-23-22-19(28-15-29-23)14-27-25(32-22)35-10-8-34(5)9-11-35/h6-7,12-15H,8-11H2,1-5H3,(H,28,29,30)(H,31,33,36). The number of rotatable bonds is 5. The summed E-state index contributed by atoms with van der Waals surface area (Å²) in [6.45, 7) is 11.7. The fraction of sp³-hybridized carbons (Fsp3) is 0.385. The lowest BCUT2D eigenvalue weighted by atomic mass is 9.93. The molecule has 1 saturated heterocycles. The van der Waals surface area contributed by atoms with Gasteiger partial charge in [-0.05, 0) is 31.7 Å². The summed E-state index contributed by atoms with van der Waals surface area (Å²) in [6.07, 6.45) is 3.20. The topological polar surface area (TPSA) is 125 Å². The predicted molar refractivity (Wildman–Crippen MR) is 142 cm³/mol. The number of carbonyl (C=O) groups excluding carboxylic acids is 1. The third-order valence-electron chi connectivity index (χ3n) is 6.39. The van der Waals surface area contributed by atoms with Crippen molar-refractivity contribution in [2.75, 3.05) is 48.8 Å².